The smallest absolute Gasteiger partial charge is 0.285 e. The Hall–Kier alpha value is -3.34. The second-order valence-corrected chi connectivity index (χ2v) is 7.33. The van der Waals surface area contributed by atoms with E-state index < -0.39 is 29.3 Å². The SMILES string of the molecule is CNC(=O)C(N)=C1CN(c2cn[nH]c(=O)c2Cl)CCC1=NCc1ccc(F)cc1C(F)F. The molecule has 0 saturated carbocycles. The van der Waals surface area contributed by atoms with Gasteiger partial charge in [-0.3, -0.25) is 14.6 Å². The molecule has 12 heteroatoms. The fourth-order valence-corrected chi connectivity index (χ4v) is 3.54. The first-order chi connectivity index (χ1) is 15.2. The third-order valence-corrected chi connectivity index (χ3v) is 5.38. The molecule has 1 saturated heterocycles. The highest BCUT2D eigenvalue weighted by Crippen LogP contribution is 2.28. The van der Waals surface area contributed by atoms with Gasteiger partial charge in [0.1, 0.15) is 16.5 Å². The molecule has 1 aromatic heterocycles. The summed E-state index contributed by atoms with van der Waals surface area (Å²) in [6.07, 6.45) is -1.19. The van der Waals surface area contributed by atoms with Crippen LogP contribution in [0.25, 0.3) is 0 Å². The van der Waals surface area contributed by atoms with Gasteiger partial charge in [0.25, 0.3) is 17.9 Å². The maximum absolute atomic E-state index is 13.4. The maximum Gasteiger partial charge on any atom is 0.285 e. The summed E-state index contributed by atoms with van der Waals surface area (Å²) in [5.41, 5.74) is 6.26. The molecule has 1 aliphatic rings. The van der Waals surface area contributed by atoms with E-state index in [1.165, 1.54) is 19.3 Å². The predicted octanol–water partition coefficient (Wildman–Crippen LogP) is 2.31. The Morgan fingerprint density at radius 2 is 2.19 bits per heavy atom. The van der Waals surface area contributed by atoms with Crippen LogP contribution in [0, 0.1) is 5.82 Å². The first-order valence-electron chi connectivity index (χ1n) is 9.52. The van der Waals surface area contributed by atoms with Crippen molar-refractivity contribution in [2.75, 3.05) is 25.0 Å². The molecule has 1 aromatic carbocycles. The number of hydrogen-bond donors (Lipinski definition) is 3. The molecule has 1 fully saturated rings. The van der Waals surface area contributed by atoms with E-state index in [0.29, 0.717) is 29.9 Å². The van der Waals surface area contributed by atoms with Crippen LogP contribution in [-0.4, -0.2) is 42.0 Å². The van der Waals surface area contributed by atoms with Crippen molar-refractivity contribution in [3.63, 3.8) is 0 Å². The van der Waals surface area contributed by atoms with Gasteiger partial charge in [0.05, 0.1) is 18.4 Å². The molecule has 0 unspecified atom stereocenters. The molecule has 3 rings (SSSR count). The van der Waals surface area contributed by atoms with Crippen LogP contribution in [0.3, 0.4) is 0 Å². The van der Waals surface area contributed by atoms with Gasteiger partial charge in [0.2, 0.25) is 0 Å². The molecular weight excluding hydrogens is 449 g/mol. The van der Waals surface area contributed by atoms with Gasteiger partial charge in [-0.2, -0.15) is 5.10 Å². The van der Waals surface area contributed by atoms with Crippen molar-refractivity contribution in [3.8, 4) is 0 Å². The third-order valence-electron chi connectivity index (χ3n) is 5.01. The van der Waals surface area contributed by atoms with Crippen LogP contribution in [0.4, 0.5) is 18.9 Å². The van der Waals surface area contributed by atoms with Crippen LogP contribution < -0.4 is 21.5 Å². The Morgan fingerprint density at radius 1 is 1.44 bits per heavy atom. The number of aromatic amines is 1. The first-order valence-corrected chi connectivity index (χ1v) is 9.89. The quantitative estimate of drug-likeness (QED) is 0.582. The van der Waals surface area contributed by atoms with Crippen molar-refractivity contribution in [2.45, 2.75) is 19.4 Å². The lowest BCUT2D eigenvalue weighted by molar-refractivity contribution is -0.117. The number of carbonyl (C=O) groups is 1. The average Bonchev–Trinajstić information content (AvgIpc) is 2.78. The minimum Gasteiger partial charge on any atom is -0.394 e. The normalized spacial score (nSPS) is 17.1. The molecular formula is C20H20ClF3N6O2. The fraction of sp³-hybridized carbons (Fsp3) is 0.300. The second-order valence-electron chi connectivity index (χ2n) is 6.95. The van der Waals surface area contributed by atoms with Crippen molar-refractivity contribution in [1.29, 1.82) is 0 Å². The first kappa shape index (κ1) is 23.3. The Kier molecular flexibility index (Phi) is 7.18. The van der Waals surface area contributed by atoms with Crippen LogP contribution in [0.15, 0.2) is 45.5 Å². The molecule has 170 valence electrons. The summed E-state index contributed by atoms with van der Waals surface area (Å²) in [5, 5.41) is 8.35. The zero-order chi connectivity index (χ0) is 23.4. The molecule has 0 spiro atoms. The summed E-state index contributed by atoms with van der Waals surface area (Å²) >= 11 is 6.10. The summed E-state index contributed by atoms with van der Waals surface area (Å²) in [6, 6.07) is 3.12. The number of halogens is 4. The van der Waals surface area contributed by atoms with E-state index in [-0.39, 0.29) is 29.4 Å². The van der Waals surface area contributed by atoms with Crippen LogP contribution in [0.5, 0.6) is 0 Å². The monoisotopic (exact) mass is 468 g/mol. The van der Waals surface area contributed by atoms with Gasteiger partial charge in [0, 0.05) is 43.4 Å². The van der Waals surface area contributed by atoms with Crippen LogP contribution in [-0.2, 0) is 11.3 Å². The van der Waals surface area contributed by atoms with Crippen LogP contribution in [0.2, 0.25) is 5.02 Å². The van der Waals surface area contributed by atoms with Crippen molar-refractivity contribution >= 4 is 28.9 Å². The number of rotatable bonds is 5. The number of aromatic nitrogens is 2. The van der Waals surface area contributed by atoms with Gasteiger partial charge in [0.15, 0.2) is 0 Å². The van der Waals surface area contributed by atoms with Gasteiger partial charge in [-0.05, 0) is 17.7 Å². The Morgan fingerprint density at radius 3 is 2.88 bits per heavy atom. The van der Waals surface area contributed by atoms with Crippen LogP contribution in [0.1, 0.15) is 24.0 Å². The van der Waals surface area contributed by atoms with Gasteiger partial charge in [-0.15, -0.1) is 0 Å². The molecule has 1 aliphatic heterocycles. The topological polar surface area (TPSA) is 116 Å². The molecule has 0 aliphatic carbocycles. The van der Waals surface area contributed by atoms with Gasteiger partial charge < -0.3 is 16.0 Å². The summed E-state index contributed by atoms with van der Waals surface area (Å²) in [6.45, 7) is 0.306. The van der Waals surface area contributed by atoms with E-state index in [1.54, 1.807) is 4.90 Å². The molecule has 4 N–H and O–H groups in total. The van der Waals surface area contributed by atoms with Crippen molar-refractivity contribution < 1.29 is 18.0 Å². The number of anilines is 1. The Balaban J connectivity index is 1.97. The minimum atomic E-state index is -2.86. The maximum atomic E-state index is 13.4. The van der Waals surface area contributed by atoms with E-state index in [4.69, 9.17) is 17.3 Å². The molecule has 2 aromatic rings. The zero-order valence-corrected chi connectivity index (χ0v) is 17.7. The third kappa shape index (κ3) is 4.93. The van der Waals surface area contributed by atoms with E-state index in [0.717, 1.165) is 12.1 Å². The number of piperidine rings is 1. The van der Waals surface area contributed by atoms with E-state index in [9.17, 15) is 22.8 Å². The summed E-state index contributed by atoms with van der Waals surface area (Å²) in [5.74, 6) is -1.31. The van der Waals surface area contributed by atoms with Gasteiger partial charge in [-0.25, -0.2) is 18.3 Å². The molecule has 2 heterocycles. The number of alkyl halides is 2. The predicted molar refractivity (Wildman–Crippen MR) is 114 cm³/mol. The van der Waals surface area contributed by atoms with Crippen LogP contribution >= 0.6 is 11.6 Å². The van der Waals surface area contributed by atoms with E-state index >= 15 is 0 Å². The Labute approximate surface area is 186 Å². The lowest BCUT2D eigenvalue weighted by Gasteiger charge is -2.32. The number of nitrogens with zero attached hydrogens (tertiary/aromatic N) is 3. The summed E-state index contributed by atoms with van der Waals surface area (Å²) in [7, 11) is 1.41. The average molecular weight is 469 g/mol. The number of hydrogen-bond acceptors (Lipinski definition) is 6. The lowest BCUT2D eigenvalue weighted by atomic mass is 9.98. The lowest BCUT2D eigenvalue weighted by Crippen LogP contribution is -2.40. The fourth-order valence-electron chi connectivity index (χ4n) is 3.33. The highest BCUT2D eigenvalue weighted by molar-refractivity contribution is 6.33. The van der Waals surface area contributed by atoms with E-state index in [1.807, 2.05) is 0 Å². The molecule has 0 atom stereocenters. The number of amides is 1. The van der Waals surface area contributed by atoms with Crippen molar-refractivity contribution in [2.24, 2.45) is 10.7 Å². The number of H-pyrrole nitrogens is 1. The molecule has 1 amide bonds. The van der Waals surface area contributed by atoms with Crippen molar-refractivity contribution in [3.05, 3.63) is 68.0 Å². The standard InChI is InChI=1S/C20H20ClF3N6O2/c1-26-20(32)17(25)13-9-30(15-8-28-29-19(31)16(15)21)5-4-14(13)27-7-10-2-3-11(22)6-12(10)18(23)24/h2-3,6,8,18H,4-5,7,9,25H2,1H3,(H,26,32)(H,29,31). The number of likely N-dealkylation sites (N-methyl/N-ethyl adjacent to an activating group) is 1. The molecule has 0 radical (unpaired) electrons. The number of aliphatic imine (C=N–C) groups is 1. The highest BCUT2D eigenvalue weighted by atomic mass is 35.5. The molecule has 8 nitrogen and oxygen atoms in total. The highest BCUT2D eigenvalue weighted by Gasteiger charge is 2.27. The molecule has 32 heavy (non-hydrogen) atoms. The largest absolute Gasteiger partial charge is 0.394 e. The second kappa shape index (κ2) is 9.86. The number of nitrogens with one attached hydrogen (secondary N) is 2. The summed E-state index contributed by atoms with van der Waals surface area (Å²) in [4.78, 5) is 30.1. The van der Waals surface area contributed by atoms with Crippen molar-refractivity contribution in [1.82, 2.24) is 15.5 Å². The van der Waals surface area contributed by atoms with Gasteiger partial charge in [-0.1, -0.05) is 17.7 Å². The number of carbonyl (C=O) groups excluding carboxylic acids is 1. The van der Waals surface area contributed by atoms with Gasteiger partial charge >= 0.3 is 0 Å². The summed E-state index contributed by atoms with van der Waals surface area (Å²) < 4.78 is 40.0. The zero-order valence-electron chi connectivity index (χ0n) is 17.0. The number of nitrogens with two attached hydrogens (primary N) is 1. The Bertz CT molecular complexity index is 1150. The number of benzene rings is 1. The van der Waals surface area contributed by atoms with E-state index in [2.05, 4.69) is 20.5 Å². The minimum absolute atomic E-state index is 0.0638. The molecule has 0 bridgehead atoms.